The normalized spacial score (nSPS) is 11.2. The van der Waals surface area contributed by atoms with E-state index in [9.17, 15) is 0 Å². The minimum absolute atomic E-state index is 0. The van der Waals surface area contributed by atoms with Crippen LogP contribution in [0.25, 0.3) is 0 Å². The SMILES string of the molecule is CCCCOCCCN=C(NCC)NCCn1cnnc1CC.I. The Balaban J connectivity index is 0.00000529. The zero-order chi connectivity index (χ0) is 16.8. The summed E-state index contributed by atoms with van der Waals surface area (Å²) in [5, 5.41) is 14.6. The first-order valence-electron chi connectivity index (χ1n) is 8.78. The van der Waals surface area contributed by atoms with Crippen LogP contribution in [0, 0.1) is 0 Å². The van der Waals surface area contributed by atoms with Gasteiger partial charge in [0.25, 0.3) is 0 Å². The molecule has 1 heterocycles. The Kier molecular flexibility index (Phi) is 15.0. The van der Waals surface area contributed by atoms with Crippen molar-refractivity contribution in [1.82, 2.24) is 25.4 Å². The number of nitrogens with zero attached hydrogens (tertiary/aromatic N) is 4. The molecule has 140 valence electrons. The van der Waals surface area contributed by atoms with Crippen molar-refractivity contribution in [3.8, 4) is 0 Å². The average Bonchev–Trinajstić information content (AvgIpc) is 3.01. The summed E-state index contributed by atoms with van der Waals surface area (Å²) < 4.78 is 7.61. The molecule has 0 amide bonds. The van der Waals surface area contributed by atoms with Crippen molar-refractivity contribution in [2.45, 2.75) is 53.0 Å². The number of ether oxygens (including phenoxy) is 1. The van der Waals surface area contributed by atoms with Gasteiger partial charge in [0.05, 0.1) is 0 Å². The van der Waals surface area contributed by atoms with Crippen LogP contribution in [0.15, 0.2) is 11.3 Å². The zero-order valence-corrected chi connectivity index (χ0v) is 17.6. The second kappa shape index (κ2) is 15.6. The molecule has 7 nitrogen and oxygen atoms in total. The molecule has 1 aromatic heterocycles. The third-order valence-electron chi connectivity index (χ3n) is 3.36. The van der Waals surface area contributed by atoms with Crippen molar-refractivity contribution in [2.24, 2.45) is 4.99 Å². The molecule has 0 saturated heterocycles. The second-order valence-electron chi connectivity index (χ2n) is 5.30. The lowest BCUT2D eigenvalue weighted by atomic mass is 10.4. The molecule has 0 aliphatic rings. The molecule has 0 radical (unpaired) electrons. The van der Waals surface area contributed by atoms with E-state index in [-0.39, 0.29) is 24.0 Å². The van der Waals surface area contributed by atoms with E-state index < -0.39 is 0 Å². The molecule has 0 aliphatic carbocycles. The smallest absolute Gasteiger partial charge is 0.191 e. The first-order valence-corrected chi connectivity index (χ1v) is 8.78. The lowest BCUT2D eigenvalue weighted by Gasteiger charge is -2.12. The van der Waals surface area contributed by atoms with E-state index in [1.807, 2.05) is 0 Å². The van der Waals surface area contributed by atoms with Crippen LogP contribution < -0.4 is 10.6 Å². The van der Waals surface area contributed by atoms with E-state index in [2.05, 4.69) is 51.2 Å². The van der Waals surface area contributed by atoms with E-state index in [1.54, 1.807) is 6.33 Å². The molecule has 1 rings (SSSR count). The number of hydrogen-bond donors (Lipinski definition) is 2. The number of nitrogens with one attached hydrogen (secondary N) is 2. The molecule has 24 heavy (non-hydrogen) atoms. The topological polar surface area (TPSA) is 76.4 Å². The van der Waals surface area contributed by atoms with Crippen LogP contribution >= 0.6 is 24.0 Å². The molecule has 1 aromatic rings. The highest BCUT2D eigenvalue weighted by atomic mass is 127. The highest BCUT2D eigenvalue weighted by Gasteiger charge is 2.02. The van der Waals surface area contributed by atoms with Gasteiger partial charge >= 0.3 is 0 Å². The Morgan fingerprint density at radius 2 is 2.00 bits per heavy atom. The Bertz CT molecular complexity index is 438. The number of hydrogen-bond acceptors (Lipinski definition) is 4. The highest BCUT2D eigenvalue weighted by molar-refractivity contribution is 14.0. The minimum atomic E-state index is 0. The molecule has 0 fully saturated rings. The van der Waals surface area contributed by atoms with Crippen LogP contribution in [0.2, 0.25) is 0 Å². The number of unbranched alkanes of at least 4 members (excludes halogenated alkanes) is 1. The fraction of sp³-hybridized carbons (Fsp3) is 0.812. The lowest BCUT2D eigenvalue weighted by Crippen LogP contribution is -2.39. The number of aromatic nitrogens is 3. The van der Waals surface area contributed by atoms with E-state index in [0.717, 1.165) is 70.4 Å². The molecule has 2 N–H and O–H groups in total. The quantitative estimate of drug-likeness (QED) is 0.220. The molecule has 0 unspecified atom stereocenters. The number of aliphatic imine (C=N–C) groups is 1. The lowest BCUT2D eigenvalue weighted by molar-refractivity contribution is 0.130. The van der Waals surface area contributed by atoms with Gasteiger partial charge in [-0.3, -0.25) is 4.99 Å². The van der Waals surface area contributed by atoms with Gasteiger partial charge in [0.2, 0.25) is 0 Å². The summed E-state index contributed by atoms with van der Waals surface area (Å²) in [4.78, 5) is 4.57. The minimum Gasteiger partial charge on any atom is -0.381 e. The number of rotatable bonds is 12. The van der Waals surface area contributed by atoms with Crippen LogP contribution in [0.1, 0.15) is 45.9 Å². The molecular weight excluding hydrogens is 419 g/mol. The first kappa shape index (κ1) is 23.1. The fourth-order valence-electron chi connectivity index (χ4n) is 2.08. The van der Waals surface area contributed by atoms with Crippen LogP contribution in [-0.4, -0.2) is 53.6 Å². The van der Waals surface area contributed by atoms with Crippen molar-refractivity contribution < 1.29 is 4.74 Å². The zero-order valence-electron chi connectivity index (χ0n) is 15.3. The predicted molar refractivity (Wildman–Crippen MR) is 109 cm³/mol. The summed E-state index contributed by atoms with van der Waals surface area (Å²) in [5.74, 6) is 1.87. The second-order valence-corrected chi connectivity index (χ2v) is 5.30. The summed E-state index contributed by atoms with van der Waals surface area (Å²) in [5.41, 5.74) is 0. The van der Waals surface area contributed by atoms with Crippen LogP contribution in [0.3, 0.4) is 0 Å². The van der Waals surface area contributed by atoms with Crippen LogP contribution in [-0.2, 0) is 17.7 Å². The van der Waals surface area contributed by atoms with Crippen molar-refractivity contribution in [3.05, 3.63) is 12.2 Å². The molecule has 8 heteroatoms. The van der Waals surface area contributed by atoms with Gasteiger partial charge in [-0.25, -0.2) is 0 Å². The van der Waals surface area contributed by atoms with Gasteiger partial charge in [-0.2, -0.15) is 0 Å². The summed E-state index contributed by atoms with van der Waals surface area (Å²) in [6.45, 7) is 11.2. The molecule has 0 atom stereocenters. The molecule has 0 bridgehead atoms. The average molecular weight is 452 g/mol. The van der Waals surface area contributed by atoms with Gasteiger partial charge in [0.15, 0.2) is 5.96 Å². The van der Waals surface area contributed by atoms with Crippen molar-refractivity contribution in [1.29, 1.82) is 0 Å². The monoisotopic (exact) mass is 452 g/mol. The Morgan fingerprint density at radius 1 is 1.21 bits per heavy atom. The fourth-order valence-corrected chi connectivity index (χ4v) is 2.08. The van der Waals surface area contributed by atoms with Gasteiger partial charge in [-0.05, 0) is 19.8 Å². The van der Waals surface area contributed by atoms with Crippen molar-refractivity contribution >= 4 is 29.9 Å². The highest BCUT2D eigenvalue weighted by Crippen LogP contribution is 1.95. The first-order chi connectivity index (χ1) is 11.3. The Hall–Kier alpha value is -0.900. The molecule has 0 saturated carbocycles. The molecule has 0 aromatic carbocycles. The number of guanidine groups is 1. The Labute approximate surface area is 163 Å². The maximum Gasteiger partial charge on any atom is 0.191 e. The number of aryl methyl sites for hydroxylation is 1. The predicted octanol–water partition coefficient (Wildman–Crippen LogP) is 2.22. The van der Waals surface area contributed by atoms with E-state index in [1.165, 1.54) is 6.42 Å². The summed E-state index contributed by atoms with van der Waals surface area (Å²) in [6, 6.07) is 0. The summed E-state index contributed by atoms with van der Waals surface area (Å²) in [7, 11) is 0. The maximum absolute atomic E-state index is 5.54. The molecular formula is C16H33IN6O. The van der Waals surface area contributed by atoms with Gasteiger partial charge in [0.1, 0.15) is 12.2 Å². The third kappa shape index (κ3) is 10.1. The van der Waals surface area contributed by atoms with Crippen molar-refractivity contribution in [2.75, 3.05) is 32.8 Å². The molecule has 0 spiro atoms. The van der Waals surface area contributed by atoms with E-state index in [4.69, 9.17) is 4.74 Å². The van der Waals surface area contributed by atoms with Crippen LogP contribution in [0.4, 0.5) is 0 Å². The molecule has 0 aliphatic heterocycles. The largest absolute Gasteiger partial charge is 0.381 e. The maximum atomic E-state index is 5.54. The van der Waals surface area contributed by atoms with E-state index >= 15 is 0 Å². The standard InChI is InChI=1S/C16H32N6O.HI/c1-4-7-12-23-13-8-9-18-16(17-6-3)19-10-11-22-14-20-21-15(22)5-2;/h14H,4-13H2,1-3H3,(H2,17,18,19);1H. The van der Waals surface area contributed by atoms with Crippen LogP contribution in [0.5, 0.6) is 0 Å². The van der Waals surface area contributed by atoms with Gasteiger partial charge in [-0.15, -0.1) is 34.2 Å². The summed E-state index contributed by atoms with van der Waals surface area (Å²) in [6.07, 6.45) is 5.94. The third-order valence-corrected chi connectivity index (χ3v) is 3.36. The van der Waals surface area contributed by atoms with Gasteiger partial charge < -0.3 is 19.9 Å². The van der Waals surface area contributed by atoms with Gasteiger partial charge in [-0.1, -0.05) is 20.3 Å². The number of halogens is 1. The summed E-state index contributed by atoms with van der Waals surface area (Å²) >= 11 is 0. The van der Waals surface area contributed by atoms with Crippen molar-refractivity contribution in [3.63, 3.8) is 0 Å². The Morgan fingerprint density at radius 3 is 2.71 bits per heavy atom. The van der Waals surface area contributed by atoms with Gasteiger partial charge in [0, 0.05) is 45.8 Å². The van der Waals surface area contributed by atoms with E-state index in [0.29, 0.717) is 0 Å².